The number of carbonyl (C=O) groups excluding carboxylic acids is 1. The highest BCUT2D eigenvalue weighted by Crippen LogP contribution is 2.42. The number of hydrogen-bond donors (Lipinski definition) is 0. The van der Waals surface area contributed by atoms with Crippen LogP contribution in [0.2, 0.25) is 0 Å². The first kappa shape index (κ1) is 28.5. The molecule has 0 aliphatic carbocycles. The summed E-state index contributed by atoms with van der Waals surface area (Å²) in [5.41, 5.74) is -1.37. The Morgan fingerprint density at radius 1 is 0.829 bits per heavy atom. The zero-order chi connectivity index (χ0) is 29.5. The molecule has 3 aromatic carbocycles. The van der Waals surface area contributed by atoms with Crippen molar-refractivity contribution >= 4 is 34.4 Å². The number of alkyl halides is 6. The first-order valence-electron chi connectivity index (χ1n) is 12.1. The molecule has 0 aromatic heterocycles. The van der Waals surface area contributed by atoms with Gasteiger partial charge in [-0.25, -0.2) is 4.99 Å². The molecule has 0 bridgehead atoms. The quantitative estimate of drug-likeness (QED) is 0.292. The average molecular weight is 594 g/mol. The van der Waals surface area contributed by atoms with Crippen LogP contribution >= 0.6 is 11.8 Å². The molecule has 1 atom stereocenters. The number of methoxy groups -OCH3 is 2. The van der Waals surface area contributed by atoms with Gasteiger partial charge in [-0.2, -0.15) is 31.3 Å². The second-order valence-corrected chi connectivity index (χ2v) is 10.1. The Bertz CT molecular complexity index is 1520. The minimum absolute atomic E-state index is 0.0853. The lowest BCUT2D eigenvalue weighted by Crippen LogP contribution is -2.44. The maximum absolute atomic E-state index is 13.4. The number of carbonyl (C=O) groups is 1. The summed E-state index contributed by atoms with van der Waals surface area (Å²) in [6.07, 6.45) is -9.70. The van der Waals surface area contributed by atoms with E-state index in [4.69, 9.17) is 9.47 Å². The molecule has 214 valence electrons. The van der Waals surface area contributed by atoms with Crippen LogP contribution in [0.15, 0.2) is 70.6 Å². The van der Waals surface area contributed by atoms with Crippen molar-refractivity contribution in [2.24, 2.45) is 9.98 Å². The molecule has 0 saturated carbocycles. The Labute approximate surface area is 234 Å². The fourth-order valence-corrected chi connectivity index (χ4v) is 5.55. The first-order chi connectivity index (χ1) is 19.4. The highest BCUT2D eigenvalue weighted by atomic mass is 32.2. The fraction of sp³-hybridized carbons (Fsp3) is 0.250. The van der Waals surface area contributed by atoms with Crippen LogP contribution in [0.3, 0.4) is 0 Å². The Morgan fingerprint density at radius 3 is 2.02 bits per heavy atom. The van der Waals surface area contributed by atoms with Crippen LogP contribution < -0.4 is 9.47 Å². The zero-order valence-corrected chi connectivity index (χ0v) is 22.3. The number of aliphatic imine (C=N–C) groups is 2. The lowest BCUT2D eigenvalue weighted by Gasteiger charge is -2.31. The van der Waals surface area contributed by atoms with E-state index in [0.717, 1.165) is 17.3 Å². The van der Waals surface area contributed by atoms with Gasteiger partial charge in [-0.15, -0.1) is 0 Å². The summed E-state index contributed by atoms with van der Waals surface area (Å²) in [6, 6.07) is 12.9. The van der Waals surface area contributed by atoms with Gasteiger partial charge in [-0.05, 0) is 35.4 Å². The van der Waals surface area contributed by atoms with Gasteiger partial charge in [-0.3, -0.25) is 9.69 Å². The van der Waals surface area contributed by atoms with E-state index in [1.54, 1.807) is 17.0 Å². The van der Waals surface area contributed by atoms with E-state index >= 15 is 0 Å². The van der Waals surface area contributed by atoms with Gasteiger partial charge >= 0.3 is 12.4 Å². The monoisotopic (exact) mass is 593 g/mol. The summed E-state index contributed by atoms with van der Waals surface area (Å²) >= 11 is 0.905. The summed E-state index contributed by atoms with van der Waals surface area (Å²) in [5.74, 6) is 0.210. The van der Waals surface area contributed by atoms with Crippen LogP contribution in [-0.2, 0) is 29.3 Å². The highest BCUT2D eigenvalue weighted by molar-refractivity contribution is 8.13. The summed E-state index contributed by atoms with van der Waals surface area (Å²) < 4.78 is 91.3. The number of fused-ring (bicyclic) bond motifs is 3. The molecule has 2 heterocycles. The molecule has 0 N–H and O–H groups in total. The van der Waals surface area contributed by atoms with Crippen LogP contribution in [0.25, 0.3) is 0 Å². The molecule has 0 fully saturated rings. The highest BCUT2D eigenvalue weighted by Gasteiger charge is 2.43. The molecular formula is C28H21F6N3O3S. The molecule has 0 saturated heterocycles. The van der Waals surface area contributed by atoms with Crippen LogP contribution in [0.5, 0.6) is 11.5 Å². The lowest BCUT2D eigenvalue weighted by atomic mass is 10.0. The van der Waals surface area contributed by atoms with Crippen molar-refractivity contribution in [3.05, 3.63) is 88.5 Å². The maximum Gasteiger partial charge on any atom is 0.416 e. The molecular weight excluding hydrogens is 572 g/mol. The molecule has 13 heteroatoms. The van der Waals surface area contributed by atoms with Crippen molar-refractivity contribution in [2.75, 3.05) is 14.2 Å². The Hall–Kier alpha value is -4.00. The summed E-state index contributed by atoms with van der Waals surface area (Å²) in [5, 5.41) is 0.196. The minimum Gasteiger partial charge on any atom is -0.493 e. The number of rotatable bonds is 6. The van der Waals surface area contributed by atoms with Gasteiger partial charge < -0.3 is 9.47 Å². The van der Waals surface area contributed by atoms with E-state index in [1.165, 1.54) is 14.2 Å². The average Bonchev–Trinajstić information content (AvgIpc) is 3.26. The number of amidine groups is 2. The zero-order valence-electron chi connectivity index (χ0n) is 21.5. The van der Waals surface area contributed by atoms with Crippen molar-refractivity contribution < 1.29 is 40.6 Å². The SMILES string of the molecule is COc1cc2c(cc1OC)C1=NC(=O)[C@@H](Cc3ccccc3)N1C(SCc1cc(C(F)(F)F)cc(C(F)(F)F)c1)=N2. The third-order valence-electron chi connectivity index (χ3n) is 6.49. The molecule has 41 heavy (non-hydrogen) atoms. The van der Waals surface area contributed by atoms with E-state index in [2.05, 4.69) is 9.98 Å². The van der Waals surface area contributed by atoms with Crippen molar-refractivity contribution in [3.63, 3.8) is 0 Å². The molecule has 0 spiro atoms. The van der Waals surface area contributed by atoms with Crippen molar-refractivity contribution in [2.45, 2.75) is 30.6 Å². The molecule has 1 amide bonds. The molecule has 2 aliphatic rings. The molecule has 5 rings (SSSR count). The smallest absolute Gasteiger partial charge is 0.416 e. The van der Waals surface area contributed by atoms with E-state index in [9.17, 15) is 31.1 Å². The van der Waals surface area contributed by atoms with E-state index in [0.29, 0.717) is 34.9 Å². The third kappa shape index (κ3) is 5.76. The fourth-order valence-electron chi connectivity index (χ4n) is 4.57. The normalized spacial score (nSPS) is 16.6. The van der Waals surface area contributed by atoms with Gasteiger partial charge in [0, 0.05) is 23.8 Å². The predicted molar refractivity (Wildman–Crippen MR) is 142 cm³/mol. The first-order valence-corrected chi connectivity index (χ1v) is 13.1. The maximum atomic E-state index is 13.4. The summed E-state index contributed by atoms with van der Waals surface area (Å²) in [4.78, 5) is 23.7. The molecule has 0 radical (unpaired) electrons. The topological polar surface area (TPSA) is 63.5 Å². The summed E-state index contributed by atoms with van der Waals surface area (Å²) in [6.45, 7) is 0. The van der Waals surface area contributed by atoms with E-state index < -0.39 is 35.4 Å². The van der Waals surface area contributed by atoms with E-state index in [-0.39, 0.29) is 34.8 Å². The number of hydrogen-bond acceptors (Lipinski definition) is 6. The van der Waals surface area contributed by atoms with Gasteiger partial charge in [0.15, 0.2) is 16.7 Å². The lowest BCUT2D eigenvalue weighted by molar-refractivity contribution is -0.143. The summed E-state index contributed by atoms with van der Waals surface area (Å²) in [7, 11) is 2.87. The van der Waals surface area contributed by atoms with Gasteiger partial charge in [-0.1, -0.05) is 42.1 Å². The van der Waals surface area contributed by atoms with Crippen LogP contribution in [0, 0.1) is 0 Å². The van der Waals surface area contributed by atoms with Crippen molar-refractivity contribution in [3.8, 4) is 11.5 Å². The molecule has 0 unspecified atom stereocenters. The minimum atomic E-state index is -4.97. The number of ether oxygens (including phenoxy) is 2. The Balaban J connectivity index is 1.56. The van der Waals surface area contributed by atoms with Crippen LogP contribution in [0.4, 0.5) is 32.0 Å². The van der Waals surface area contributed by atoms with Gasteiger partial charge in [0.2, 0.25) is 0 Å². The number of amides is 1. The van der Waals surface area contributed by atoms with Gasteiger partial charge in [0.25, 0.3) is 5.91 Å². The molecule has 3 aromatic rings. The number of thioether (sulfide) groups is 1. The molecule has 6 nitrogen and oxygen atoms in total. The molecule has 2 aliphatic heterocycles. The van der Waals surface area contributed by atoms with Crippen LogP contribution in [-0.4, -0.2) is 42.1 Å². The van der Waals surface area contributed by atoms with Crippen molar-refractivity contribution in [1.29, 1.82) is 0 Å². The second-order valence-electron chi connectivity index (χ2n) is 9.17. The van der Waals surface area contributed by atoms with E-state index in [1.807, 2.05) is 30.3 Å². The number of nitrogens with zero attached hydrogens (tertiary/aromatic N) is 3. The van der Waals surface area contributed by atoms with Crippen molar-refractivity contribution in [1.82, 2.24) is 4.90 Å². The number of benzene rings is 3. The predicted octanol–water partition coefficient (Wildman–Crippen LogP) is 6.88. The van der Waals surface area contributed by atoms with Gasteiger partial charge in [0.1, 0.15) is 11.9 Å². The third-order valence-corrected chi connectivity index (χ3v) is 7.52. The second kappa shape index (κ2) is 10.8. The van der Waals surface area contributed by atoms with Gasteiger partial charge in [0.05, 0.1) is 31.0 Å². The largest absolute Gasteiger partial charge is 0.493 e. The Kier molecular flexibility index (Phi) is 7.49. The standard InChI is InChI=1S/C28H21F6N3O3S/c1-39-22-12-19-20(13-23(22)40-2)35-26(37-21(25(38)36-24(19)37)10-15-6-4-3-5-7-15)41-14-16-8-17(27(29,30)31)11-18(9-16)28(32,33)34/h3-9,11-13,21H,10,14H2,1-2H3/t21-/m1/s1. The Morgan fingerprint density at radius 2 is 1.44 bits per heavy atom. The number of halogens is 6. The van der Waals surface area contributed by atoms with Crippen LogP contribution in [0.1, 0.15) is 27.8 Å².